The number of rotatable bonds is 10. The summed E-state index contributed by atoms with van der Waals surface area (Å²) in [6.45, 7) is 6.61. The van der Waals surface area contributed by atoms with E-state index in [-0.39, 0.29) is 5.57 Å². The molecule has 1 heterocycles. The van der Waals surface area contributed by atoms with Gasteiger partial charge in [0.25, 0.3) is 0 Å². The van der Waals surface area contributed by atoms with Gasteiger partial charge in [0, 0.05) is 40.2 Å². The third-order valence-electron chi connectivity index (χ3n) is 4.64. The van der Waals surface area contributed by atoms with Crippen molar-refractivity contribution in [2.45, 2.75) is 72.0 Å². The van der Waals surface area contributed by atoms with Crippen molar-refractivity contribution in [1.29, 1.82) is 0 Å². The second-order valence-electron chi connectivity index (χ2n) is 7.64. The summed E-state index contributed by atoms with van der Waals surface area (Å²) < 4.78 is 31.8. The van der Waals surface area contributed by atoms with E-state index in [4.69, 9.17) is 28.4 Å². The van der Waals surface area contributed by atoms with Gasteiger partial charge in [0.2, 0.25) is 11.7 Å². The quantitative estimate of drug-likeness (QED) is 0.312. The Hall–Kier alpha value is -3.90. The van der Waals surface area contributed by atoms with Gasteiger partial charge in [0.15, 0.2) is 24.4 Å². The van der Waals surface area contributed by atoms with E-state index in [1.807, 2.05) is 0 Å². The second-order valence-corrected chi connectivity index (χ2v) is 7.64. The van der Waals surface area contributed by atoms with Gasteiger partial charge in [-0.25, -0.2) is 4.79 Å². The molecule has 1 aliphatic rings. The standard InChI is InChI=1S/C23H31NO12/c1-8-9-16-19(34-14(5)28)18(24-11(2)25)22(36-20(16)23(30)31-7)21(35-15(6)29)17(33-13(4)27)10-32-12(3)26/h8-9,17-19,21-22H,10H2,1-7H3,(H,24,25)/t17-,18-,19+,21-,22-/m1/s1. The van der Waals surface area contributed by atoms with Gasteiger partial charge in [0.1, 0.15) is 12.6 Å². The molecular formula is C23H31NO12. The summed E-state index contributed by atoms with van der Waals surface area (Å²) in [6.07, 6.45) is -2.82. The lowest BCUT2D eigenvalue weighted by atomic mass is 9.88. The van der Waals surface area contributed by atoms with Crippen molar-refractivity contribution in [3.63, 3.8) is 0 Å². The first-order valence-corrected chi connectivity index (χ1v) is 10.9. The first-order valence-electron chi connectivity index (χ1n) is 10.9. The molecule has 0 bridgehead atoms. The van der Waals surface area contributed by atoms with Crippen LogP contribution in [0.1, 0.15) is 41.5 Å². The van der Waals surface area contributed by atoms with Crippen molar-refractivity contribution in [3.8, 4) is 0 Å². The van der Waals surface area contributed by atoms with Crippen LogP contribution in [0.5, 0.6) is 0 Å². The van der Waals surface area contributed by atoms with E-state index in [1.54, 1.807) is 6.92 Å². The maximum absolute atomic E-state index is 12.6. The highest BCUT2D eigenvalue weighted by molar-refractivity contribution is 5.88. The van der Waals surface area contributed by atoms with Crippen molar-refractivity contribution in [2.75, 3.05) is 13.7 Å². The topological polar surface area (TPSA) is 170 Å². The molecule has 0 radical (unpaired) electrons. The van der Waals surface area contributed by atoms with Crippen LogP contribution in [0.25, 0.3) is 0 Å². The van der Waals surface area contributed by atoms with Crippen LogP contribution >= 0.6 is 0 Å². The Kier molecular flexibility index (Phi) is 11.6. The van der Waals surface area contributed by atoms with Crippen LogP contribution in [0.3, 0.4) is 0 Å². The van der Waals surface area contributed by atoms with Gasteiger partial charge in [-0.3, -0.25) is 24.0 Å². The lowest BCUT2D eigenvalue weighted by molar-refractivity contribution is -0.192. The number of ether oxygens (including phenoxy) is 6. The number of amides is 1. The summed E-state index contributed by atoms with van der Waals surface area (Å²) >= 11 is 0. The number of hydrogen-bond acceptors (Lipinski definition) is 12. The van der Waals surface area contributed by atoms with Gasteiger partial charge in [0.05, 0.1) is 7.11 Å². The Morgan fingerprint density at radius 3 is 2.00 bits per heavy atom. The van der Waals surface area contributed by atoms with E-state index >= 15 is 0 Å². The average molecular weight is 513 g/mol. The lowest BCUT2D eigenvalue weighted by Gasteiger charge is -2.43. The Bertz CT molecular complexity index is 937. The number of hydrogen-bond donors (Lipinski definition) is 1. The maximum Gasteiger partial charge on any atom is 0.373 e. The molecular weight excluding hydrogens is 482 g/mol. The molecule has 0 aromatic rings. The molecule has 0 aromatic carbocycles. The van der Waals surface area contributed by atoms with Gasteiger partial charge >= 0.3 is 29.8 Å². The maximum atomic E-state index is 12.6. The fourth-order valence-electron chi connectivity index (χ4n) is 3.52. The molecule has 1 aliphatic heterocycles. The molecule has 13 heteroatoms. The van der Waals surface area contributed by atoms with Gasteiger partial charge in [-0.1, -0.05) is 12.2 Å². The van der Waals surface area contributed by atoms with Gasteiger partial charge in [-0.2, -0.15) is 0 Å². The second kappa shape index (κ2) is 13.9. The molecule has 5 atom stereocenters. The molecule has 0 aromatic heterocycles. The Balaban J connectivity index is 3.85. The van der Waals surface area contributed by atoms with Crippen molar-refractivity contribution in [3.05, 3.63) is 23.5 Å². The zero-order valence-electron chi connectivity index (χ0n) is 21.1. The van der Waals surface area contributed by atoms with Crippen LogP contribution in [0, 0.1) is 0 Å². The first kappa shape index (κ1) is 30.1. The summed E-state index contributed by atoms with van der Waals surface area (Å²) in [5.41, 5.74) is 0.0557. The summed E-state index contributed by atoms with van der Waals surface area (Å²) in [6, 6.07) is -1.26. The smallest absolute Gasteiger partial charge is 0.373 e. The molecule has 36 heavy (non-hydrogen) atoms. The molecule has 13 nitrogen and oxygen atoms in total. The minimum atomic E-state index is -1.55. The van der Waals surface area contributed by atoms with Crippen molar-refractivity contribution >= 4 is 35.8 Å². The highest BCUT2D eigenvalue weighted by atomic mass is 16.6. The largest absolute Gasteiger partial charge is 0.476 e. The fourth-order valence-corrected chi connectivity index (χ4v) is 3.52. The third kappa shape index (κ3) is 8.71. The van der Waals surface area contributed by atoms with E-state index in [1.165, 1.54) is 19.1 Å². The number of nitrogens with one attached hydrogen (secondary N) is 1. The van der Waals surface area contributed by atoms with Crippen molar-refractivity contribution in [2.24, 2.45) is 0 Å². The van der Waals surface area contributed by atoms with Crippen LogP contribution in [0.15, 0.2) is 23.5 Å². The van der Waals surface area contributed by atoms with E-state index < -0.39 is 78.6 Å². The van der Waals surface area contributed by atoms with Crippen LogP contribution in [-0.2, 0) is 57.2 Å². The molecule has 0 spiro atoms. The monoisotopic (exact) mass is 513 g/mol. The Morgan fingerprint density at radius 1 is 0.944 bits per heavy atom. The number of allylic oxidation sites excluding steroid dienone is 1. The molecule has 1 amide bonds. The Labute approximate surface area is 208 Å². The molecule has 0 saturated carbocycles. The predicted octanol–water partition coefficient (Wildman–Crippen LogP) is 0.251. The molecule has 1 N–H and O–H groups in total. The average Bonchev–Trinajstić information content (AvgIpc) is 2.76. The highest BCUT2D eigenvalue weighted by Gasteiger charge is 2.51. The highest BCUT2D eigenvalue weighted by Crippen LogP contribution is 2.33. The molecule has 200 valence electrons. The fraction of sp³-hybridized carbons (Fsp3) is 0.565. The Morgan fingerprint density at radius 2 is 1.56 bits per heavy atom. The van der Waals surface area contributed by atoms with Crippen LogP contribution in [-0.4, -0.2) is 79.9 Å². The van der Waals surface area contributed by atoms with E-state index in [9.17, 15) is 28.8 Å². The number of esters is 5. The summed E-state index contributed by atoms with van der Waals surface area (Å²) in [5.74, 6) is -5.10. The SMILES string of the molecule is CC=CC1=C(C(=O)OC)O[C@@H]([C@H](OC(C)=O)[C@@H](COC(C)=O)OC(C)=O)[C@H](NC(C)=O)[C@H]1OC(C)=O. The third-order valence-corrected chi connectivity index (χ3v) is 4.64. The molecule has 0 aliphatic carbocycles. The van der Waals surface area contributed by atoms with Crippen LogP contribution in [0.4, 0.5) is 0 Å². The molecule has 0 saturated heterocycles. The van der Waals surface area contributed by atoms with E-state index in [0.717, 1.165) is 34.8 Å². The zero-order valence-corrected chi connectivity index (χ0v) is 21.1. The van der Waals surface area contributed by atoms with Crippen LogP contribution < -0.4 is 5.32 Å². The summed E-state index contributed by atoms with van der Waals surface area (Å²) in [5, 5.41) is 2.58. The van der Waals surface area contributed by atoms with Crippen LogP contribution in [0.2, 0.25) is 0 Å². The van der Waals surface area contributed by atoms with Gasteiger partial charge < -0.3 is 33.7 Å². The zero-order chi connectivity index (χ0) is 27.6. The molecule has 0 unspecified atom stereocenters. The minimum Gasteiger partial charge on any atom is -0.476 e. The number of methoxy groups -OCH3 is 1. The van der Waals surface area contributed by atoms with Gasteiger partial charge in [-0.15, -0.1) is 0 Å². The summed E-state index contributed by atoms with van der Waals surface area (Å²) in [7, 11) is 1.09. The number of carbonyl (C=O) groups is 6. The van der Waals surface area contributed by atoms with Gasteiger partial charge in [-0.05, 0) is 6.92 Å². The van der Waals surface area contributed by atoms with Crippen molar-refractivity contribution in [1.82, 2.24) is 5.32 Å². The predicted molar refractivity (Wildman–Crippen MR) is 120 cm³/mol. The molecule has 0 fully saturated rings. The molecule has 1 rings (SSSR count). The number of carbonyl (C=O) groups excluding carboxylic acids is 6. The van der Waals surface area contributed by atoms with Crippen molar-refractivity contribution < 1.29 is 57.2 Å². The first-order chi connectivity index (χ1) is 16.8. The normalized spacial score (nSPS) is 20.9. The minimum absolute atomic E-state index is 0.0557. The lowest BCUT2D eigenvalue weighted by Crippen LogP contribution is -2.63. The van der Waals surface area contributed by atoms with E-state index in [0.29, 0.717) is 0 Å². The van der Waals surface area contributed by atoms with E-state index in [2.05, 4.69) is 5.32 Å². The summed E-state index contributed by atoms with van der Waals surface area (Å²) in [4.78, 5) is 72.1.